The molecule has 0 fully saturated rings. The van der Waals surface area contributed by atoms with Gasteiger partial charge < -0.3 is 10.2 Å². The Kier molecular flexibility index (Phi) is 2.08. The SMILES string of the molecule is CC1=CC=C(C#N)[C@H](O)[C@@H]1O. The van der Waals surface area contributed by atoms with Crippen molar-refractivity contribution in [3.05, 3.63) is 23.3 Å². The summed E-state index contributed by atoms with van der Waals surface area (Å²) in [7, 11) is 0. The van der Waals surface area contributed by atoms with Crippen molar-refractivity contribution in [2.24, 2.45) is 0 Å². The quantitative estimate of drug-likeness (QED) is 0.516. The van der Waals surface area contributed by atoms with Crippen molar-refractivity contribution >= 4 is 0 Å². The van der Waals surface area contributed by atoms with Crippen molar-refractivity contribution in [3.63, 3.8) is 0 Å². The smallest absolute Gasteiger partial charge is 0.118 e. The van der Waals surface area contributed by atoms with E-state index in [2.05, 4.69) is 0 Å². The number of aliphatic hydroxyl groups excluding tert-OH is 2. The summed E-state index contributed by atoms with van der Waals surface area (Å²) in [6.45, 7) is 1.71. The minimum Gasteiger partial charge on any atom is -0.386 e. The first-order valence-corrected chi connectivity index (χ1v) is 3.31. The van der Waals surface area contributed by atoms with E-state index in [-0.39, 0.29) is 5.57 Å². The Hall–Kier alpha value is -1.11. The first kappa shape index (κ1) is 7.99. The number of nitriles is 1. The van der Waals surface area contributed by atoms with Crippen LogP contribution < -0.4 is 0 Å². The zero-order chi connectivity index (χ0) is 8.43. The van der Waals surface area contributed by atoms with Crippen LogP contribution in [0.15, 0.2) is 23.3 Å². The van der Waals surface area contributed by atoms with Gasteiger partial charge in [0.05, 0.1) is 11.6 Å². The van der Waals surface area contributed by atoms with Gasteiger partial charge in [-0.1, -0.05) is 6.08 Å². The highest BCUT2D eigenvalue weighted by molar-refractivity contribution is 5.38. The van der Waals surface area contributed by atoms with Gasteiger partial charge in [-0.25, -0.2) is 0 Å². The van der Waals surface area contributed by atoms with Crippen molar-refractivity contribution in [2.45, 2.75) is 19.1 Å². The fourth-order valence-corrected chi connectivity index (χ4v) is 0.941. The molecule has 1 rings (SSSR count). The Labute approximate surface area is 64.9 Å². The topological polar surface area (TPSA) is 64.2 Å². The lowest BCUT2D eigenvalue weighted by atomic mass is 9.94. The summed E-state index contributed by atoms with van der Waals surface area (Å²) in [5, 5.41) is 26.9. The van der Waals surface area contributed by atoms with Crippen LogP contribution in [0.2, 0.25) is 0 Å². The molecular weight excluding hydrogens is 142 g/mol. The first-order chi connectivity index (χ1) is 5.16. The molecule has 11 heavy (non-hydrogen) atoms. The molecule has 0 bridgehead atoms. The molecule has 0 spiro atoms. The van der Waals surface area contributed by atoms with E-state index in [0.717, 1.165) is 0 Å². The maximum absolute atomic E-state index is 9.24. The highest BCUT2D eigenvalue weighted by atomic mass is 16.3. The summed E-state index contributed by atoms with van der Waals surface area (Å²) in [4.78, 5) is 0. The van der Waals surface area contributed by atoms with Crippen molar-refractivity contribution in [2.75, 3.05) is 0 Å². The van der Waals surface area contributed by atoms with E-state index in [1.54, 1.807) is 13.0 Å². The Balaban J connectivity index is 2.95. The average Bonchev–Trinajstić information content (AvgIpc) is 2.01. The molecule has 0 aromatic heterocycles. The fraction of sp³-hybridized carbons (Fsp3) is 0.375. The number of hydrogen-bond acceptors (Lipinski definition) is 3. The molecule has 0 aromatic carbocycles. The van der Waals surface area contributed by atoms with E-state index in [9.17, 15) is 10.2 Å². The lowest BCUT2D eigenvalue weighted by Crippen LogP contribution is -2.30. The average molecular weight is 151 g/mol. The molecule has 0 unspecified atom stereocenters. The summed E-state index contributed by atoms with van der Waals surface area (Å²) in [6, 6.07) is 1.81. The molecule has 0 aromatic rings. The predicted octanol–water partition coefficient (Wildman–Crippen LogP) is 0.118. The predicted molar refractivity (Wildman–Crippen MR) is 39.5 cm³/mol. The van der Waals surface area contributed by atoms with Crippen LogP contribution in [-0.4, -0.2) is 22.4 Å². The van der Waals surface area contributed by atoms with Gasteiger partial charge in [-0.2, -0.15) is 5.26 Å². The number of aliphatic hydroxyl groups is 2. The molecule has 2 N–H and O–H groups in total. The molecule has 3 heteroatoms. The van der Waals surface area contributed by atoms with Crippen LogP contribution in [0.5, 0.6) is 0 Å². The maximum Gasteiger partial charge on any atom is 0.118 e. The second-order valence-electron chi connectivity index (χ2n) is 2.53. The molecule has 0 aliphatic heterocycles. The normalized spacial score (nSPS) is 30.4. The van der Waals surface area contributed by atoms with Gasteiger partial charge in [0.15, 0.2) is 0 Å². The van der Waals surface area contributed by atoms with E-state index >= 15 is 0 Å². The summed E-state index contributed by atoms with van der Waals surface area (Å²) in [5.41, 5.74) is 0.889. The van der Waals surface area contributed by atoms with Crippen LogP contribution in [0.4, 0.5) is 0 Å². The Morgan fingerprint density at radius 2 is 2.00 bits per heavy atom. The first-order valence-electron chi connectivity index (χ1n) is 3.31. The van der Waals surface area contributed by atoms with Gasteiger partial charge in [0.1, 0.15) is 12.2 Å². The molecule has 0 saturated heterocycles. The van der Waals surface area contributed by atoms with E-state index in [1.165, 1.54) is 6.08 Å². The van der Waals surface area contributed by atoms with Gasteiger partial charge in [0.25, 0.3) is 0 Å². The van der Waals surface area contributed by atoms with Crippen molar-refractivity contribution in [1.82, 2.24) is 0 Å². The van der Waals surface area contributed by atoms with Gasteiger partial charge in [-0.15, -0.1) is 0 Å². The van der Waals surface area contributed by atoms with Crippen LogP contribution in [0.3, 0.4) is 0 Å². The summed E-state index contributed by atoms with van der Waals surface area (Å²) >= 11 is 0. The summed E-state index contributed by atoms with van der Waals surface area (Å²) in [6.07, 6.45) is 1.18. The van der Waals surface area contributed by atoms with E-state index < -0.39 is 12.2 Å². The molecule has 0 saturated carbocycles. The van der Waals surface area contributed by atoms with Crippen LogP contribution in [-0.2, 0) is 0 Å². The minimum absolute atomic E-state index is 0.211. The fourth-order valence-electron chi connectivity index (χ4n) is 0.941. The van der Waals surface area contributed by atoms with E-state index in [0.29, 0.717) is 5.57 Å². The van der Waals surface area contributed by atoms with Crippen LogP contribution >= 0.6 is 0 Å². The Bertz CT molecular complexity index is 260. The van der Waals surface area contributed by atoms with Crippen molar-refractivity contribution in [1.29, 1.82) is 5.26 Å². The molecular formula is C8H9NO2. The number of nitrogens with zero attached hydrogens (tertiary/aromatic N) is 1. The Morgan fingerprint density at radius 1 is 1.36 bits per heavy atom. The number of allylic oxidation sites excluding steroid dienone is 2. The molecule has 1 aliphatic carbocycles. The zero-order valence-corrected chi connectivity index (χ0v) is 6.15. The maximum atomic E-state index is 9.24. The van der Waals surface area contributed by atoms with Gasteiger partial charge in [0, 0.05) is 0 Å². The monoisotopic (exact) mass is 151 g/mol. The van der Waals surface area contributed by atoms with Crippen molar-refractivity contribution < 1.29 is 10.2 Å². The number of hydrogen-bond donors (Lipinski definition) is 2. The largest absolute Gasteiger partial charge is 0.386 e. The van der Waals surface area contributed by atoms with Gasteiger partial charge >= 0.3 is 0 Å². The van der Waals surface area contributed by atoms with Gasteiger partial charge in [0.2, 0.25) is 0 Å². The standard InChI is InChI=1S/C8H9NO2/c1-5-2-3-6(4-9)8(11)7(5)10/h2-3,7-8,10-11H,1H3/t7-,8+/m1/s1. The van der Waals surface area contributed by atoms with Gasteiger partial charge in [-0.3, -0.25) is 0 Å². The summed E-state index contributed by atoms with van der Waals surface area (Å²) < 4.78 is 0. The lowest BCUT2D eigenvalue weighted by molar-refractivity contribution is 0.0667. The van der Waals surface area contributed by atoms with Crippen LogP contribution in [0.1, 0.15) is 6.92 Å². The van der Waals surface area contributed by atoms with E-state index in [1.807, 2.05) is 6.07 Å². The second kappa shape index (κ2) is 2.87. The minimum atomic E-state index is -1.05. The molecule has 58 valence electrons. The van der Waals surface area contributed by atoms with Gasteiger partial charge in [-0.05, 0) is 18.6 Å². The summed E-state index contributed by atoms with van der Waals surface area (Å²) in [5.74, 6) is 0. The third kappa shape index (κ3) is 1.32. The molecule has 0 radical (unpaired) electrons. The van der Waals surface area contributed by atoms with Crippen LogP contribution in [0.25, 0.3) is 0 Å². The third-order valence-corrected chi connectivity index (χ3v) is 1.74. The van der Waals surface area contributed by atoms with Crippen molar-refractivity contribution in [3.8, 4) is 6.07 Å². The molecule has 0 amide bonds. The molecule has 3 nitrogen and oxygen atoms in total. The second-order valence-corrected chi connectivity index (χ2v) is 2.53. The van der Waals surface area contributed by atoms with E-state index in [4.69, 9.17) is 5.26 Å². The highest BCUT2D eigenvalue weighted by Crippen LogP contribution is 2.18. The zero-order valence-electron chi connectivity index (χ0n) is 6.15. The molecule has 1 aliphatic rings. The lowest BCUT2D eigenvalue weighted by Gasteiger charge is -2.20. The molecule has 2 atom stereocenters. The molecule has 0 heterocycles. The number of rotatable bonds is 0. The highest BCUT2D eigenvalue weighted by Gasteiger charge is 2.24. The Morgan fingerprint density at radius 3 is 2.55 bits per heavy atom. The van der Waals surface area contributed by atoms with Crippen LogP contribution in [0, 0.1) is 11.3 Å². The third-order valence-electron chi connectivity index (χ3n) is 1.74.